The van der Waals surface area contributed by atoms with Crippen LogP contribution in [0.1, 0.15) is 30.6 Å². The van der Waals surface area contributed by atoms with Gasteiger partial charge in [0.1, 0.15) is 5.75 Å². The van der Waals surface area contributed by atoms with E-state index < -0.39 is 0 Å². The van der Waals surface area contributed by atoms with E-state index in [4.69, 9.17) is 4.74 Å². The Bertz CT molecular complexity index is 1050. The lowest BCUT2D eigenvalue weighted by Gasteiger charge is -2.14. The SMILES string of the molecule is CCC(C)NC(=O)c1cccc(Nc2c(Oc3ccccc3)cnn(C)c2=O)c1. The molecule has 1 atom stereocenters. The summed E-state index contributed by atoms with van der Waals surface area (Å²) in [6.07, 6.45) is 2.33. The normalized spacial score (nSPS) is 11.6. The van der Waals surface area contributed by atoms with Gasteiger partial charge in [-0.3, -0.25) is 9.59 Å². The molecule has 29 heavy (non-hydrogen) atoms. The van der Waals surface area contributed by atoms with Crippen molar-refractivity contribution in [2.75, 3.05) is 5.32 Å². The number of amides is 1. The highest BCUT2D eigenvalue weighted by molar-refractivity contribution is 5.95. The zero-order valence-corrected chi connectivity index (χ0v) is 16.7. The number of benzene rings is 2. The number of anilines is 2. The number of hydrogen-bond acceptors (Lipinski definition) is 5. The third kappa shape index (κ3) is 5.01. The summed E-state index contributed by atoms with van der Waals surface area (Å²) in [5.41, 5.74) is 1.01. The third-order valence-corrected chi connectivity index (χ3v) is 4.46. The molecule has 0 spiro atoms. The molecular formula is C22H24N4O3. The molecule has 0 aliphatic rings. The molecule has 1 aromatic heterocycles. The van der Waals surface area contributed by atoms with E-state index in [1.54, 1.807) is 43.4 Å². The smallest absolute Gasteiger partial charge is 0.294 e. The van der Waals surface area contributed by atoms with Crippen molar-refractivity contribution in [2.24, 2.45) is 7.05 Å². The van der Waals surface area contributed by atoms with E-state index in [0.717, 1.165) is 6.42 Å². The largest absolute Gasteiger partial charge is 0.453 e. The molecule has 0 fully saturated rings. The molecular weight excluding hydrogens is 368 g/mol. The highest BCUT2D eigenvalue weighted by Crippen LogP contribution is 2.28. The molecule has 7 nitrogen and oxygen atoms in total. The first-order valence-electron chi connectivity index (χ1n) is 9.45. The zero-order valence-electron chi connectivity index (χ0n) is 16.7. The van der Waals surface area contributed by atoms with Crippen LogP contribution in [0.4, 0.5) is 11.4 Å². The summed E-state index contributed by atoms with van der Waals surface area (Å²) in [5, 5.41) is 10.1. The minimum atomic E-state index is -0.340. The summed E-state index contributed by atoms with van der Waals surface area (Å²) in [6, 6.07) is 16.2. The fourth-order valence-corrected chi connectivity index (χ4v) is 2.62. The van der Waals surface area contributed by atoms with Gasteiger partial charge < -0.3 is 15.4 Å². The lowest BCUT2D eigenvalue weighted by molar-refractivity contribution is 0.0939. The van der Waals surface area contributed by atoms with Gasteiger partial charge in [0.15, 0.2) is 11.4 Å². The van der Waals surface area contributed by atoms with Crippen LogP contribution in [-0.2, 0) is 7.05 Å². The Hall–Kier alpha value is -3.61. The number of para-hydroxylation sites is 1. The van der Waals surface area contributed by atoms with Crippen LogP contribution >= 0.6 is 0 Å². The van der Waals surface area contributed by atoms with Gasteiger partial charge in [-0.05, 0) is 43.7 Å². The molecule has 3 aromatic rings. The standard InChI is InChI=1S/C22H24N4O3/c1-4-15(2)24-21(27)16-9-8-10-17(13-16)25-20-19(14-23-26(3)22(20)28)29-18-11-6-5-7-12-18/h5-15,25H,4H2,1-3H3,(H,24,27). The molecule has 3 rings (SSSR count). The summed E-state index contributed by atoms with van der Waals surface area (Å²) < 4.78 is 7.07. The van der Waals surface area contributed by atoms with Crippen LogP contribution in [0.5, 0.6) is 11.5 Å². The van der Waals surface area contributed by atoms with E-state index in [0.29, 0.717) is 22.7 Å². The van der Waals surface area contributed by atoms with Gasteiger partial charge in [-0.25, -0.2) is 4.68 Å². The Balaban J connectivity index is 1.90. The van der Waals surface area contributed by atoms with Crippen molar-refractivity contribution in [1.29, 1.82) is 0 Å². The molecule has 1 amide bonds. The van der Waals surface area contributed by atoms with E-state index >= 15 is 0 Å². The van der Waals surface area contributed by atoms with E-state index in [2.05, 4.69) is 15.7 Å². The summed E-state index contributed by atoms with van der Waals surface area (Å²) in [6.45, 7) is 3.96. The van der Waals surface area contributed by atoms with E-state index in [9.17, 15) is 9.59 Å². The Morgan fingerprint density at radius 2 is 1.93 bits per heavy atom. The van der Waals surface area contributed by atoms with Gasteiger partial charge in [0.2, 0.25) is 0 Å². The van der Waals surface area contributed by atoms with E-state index in [-0.39, 0.29) is 23.2 Å². The molecule has 1 unspecified atom stereocenters. The number of nitrogens with zero attached hydrogens (tertiary/aromatic N) is 2. The third-order valence-electron chi connectivity index (χ3n) is 4.46. The van der Waals surface area contributed by atoms with Crippen LogP contribution < -0.4 is 20.9 Å². The van der Waals surface area contributed by atoms with Crippen LogP contribution in [0.2, 0.25) is 0 Å². The Labute approximate surface area is 169 Å². The molecule has 0 bridgehead atoms. The van der Waals surface area contributed by atoms with Gasteiger partial charge in [0, 0.05) is 24.3 Å². The number of aryl methyl sites for hydroxylation is 1. The molecule has 1 heterocycles. The maximum absolute atomic E-state index is 12.7. The summed E-state index contributed by atoms with van der Waals surface area (Å²) in [5.74, 6) is 0.729. The summed E-state index contributed by atoms with van der Waals surface area (Å²) in [7, 11) is 1.57. The van der Waals surface area contributed by atoms with Crippen molar-refractivity contribution in [3.8, 4) is 11.5 Å². The zero-order chi connectivity index (χ0) is 20.8. The van der Waals surface area contributed by atoms with Crippen LogP contribution in [0.15, 0.2) is 65.6 Å². The molecule has 0 aliphatic heterocycles. The second kappa shape index (κ2) is 9.05. The van der Waals surface area contributed by atoms with Gasteiger partial charge in [0.25, 0.3) is 11.5 Å². The highest BCUT2D eigenvalue weighted by atomic mass is 16.5. The average molecular weight is 392 g/mol. The second-order valence-corrected chi connectivity index (χ2v) is 6.72. The highest BCUT2D eigenvalue weighted by Gasteiger charge is 2.14. The Morgan fingerprint density at radius 1 is 1.17 bits per heavy atom. The van der Waals surface area contributed by atoms with Crippen LogP contribution in [0.25, 0.3) is 0 Å². The van der Waals surface area contributed by atoms with Gasteiger partial charge in [0.05, 0.1) is 6.20 Å². The monoisotopic (exact) mass is 392 g/mol. The predicted octanol–water partition coefficient (Wildman–Crippen LogP) is 3.84. The molecule has 150 valence electrons. The molecule has 2 N–H and O–H groups in total. The van der Waals surface area contributed by atoms with Crippen molar-refractivity contribution >= 4 is 17.3 Å². The van der Waals surface area contributed by atoms with Crippen molar-refractivity contribution in [1.82, 2.24) is 15.1 Å². The van der Waals surface area contributed by atoms with E-state index in [1.165, 1.54) is 10.9 Å². The van der Waals surface area contributed by atoms with Crippen LogP contribution in [0, 0.1) is 0 Å². The lowest BCUT2D eigenvalue weighted by Crippen LogP contribution is -2.31. The first-order valence-corrected chi connectivity index (χ1v) is 9.45. The molecule has 0 saturated heterocycles. The van der Waals surface area contributed by atoms with Crippen molar-refractivity contribution in [3.05, 3.63) is 76.7 Å². The quantitative estimate of drug-likeness (QED) is 0.638. The molecule has 2 aromatic carbocycles. The summed E-state index contributed by atoms with van der Waals surface area (Å²) >= 11 is 0. The molecule has 7 heteroatoms. The predicted molar refractivity (Wildman–Crippen MR) is 113 cm³/mol. The van der Waals surface area contributed by atoms with E-state index in [1.807, 2.05) is 32.0 Å². The fourth-order valence-electron chi connectivity index (χ4n) is 2.62. The first-order chi connectivity index (χ1) is 14.0. The lowest BCUT2D eigenvalue weighted by atomic mass is 10.1. The topological polar surface area (TPSA) is 85.2 Å². The van der Waals surface area contributed by atoms with Crippen molar-refractivity contribution < 1.29 is 9.53 Å². The molecule has 0 radical (unpaired) electrons. The Kier molecular flexibility index (Phi) is 6.29. The Morgan fingerprint density at radius 3 is 2.66 bits per heavy atom. The number of aromatic nitrogens is 2. The number of ether oxygens (including phenoxy) is 1. The minimum Gasteiger partial charge on any atom is -0.453 e. The summed E-state index contributed by atoms with van der Waals surface area (Å²) in [4.78, 5) is 25.1. The van der Waals surface area contributed by atoms with Crippen LogP contribution in [0.3, 0.4) is 0 Å². The van der Waals surface area contributed by atoms with Crippen molar-refractivity contribution in [2.45, 2.75) is 26.3 Å². The van der Waals surface area contributed by atoms with Gasteiger partial charge in [-0.2, -0.15) is 5.10 Å². The molecule has 0 saturated carbocycles. The first kappa shape index (κ1) is 20.1. The maximum Gasteiger partial charge on any atom is 0.294 e. The number of rotatable bonds is 7. The fraction of sp³-hybridized carbons (Fsp3) is 0.227. The second-order valence-electron chi connectivity index (χ2n) is 6.72. The van der Waals surface area contributed by atoms with Crippen LogP contribution in [-0.4, -0.2) is 21.7 Å². The van der Waals surface area contributed by atoms with Gasteiger partial charge >= 0.3 is 0 Å². The number of nitrogens with one attached hydrogen (secondary N) is 2. The minimum absolute atomic E-state index is 0.0810. The average Bonchev–Trinajstić information content (AvgIpc) is 2.74. The number of carbonyl (C=O) groups excluding carboxylic acids is 1. The van der Waals surface area contributed by atoms with Gasteiger partial charge in [-0.15, -0.1) is 0 Å². The van der Waals surface area contributed by atoms with Gasteiger partial charge in [-0.1, -0.05) is 31.2 Å². The molecule has 0 aliphatic carbocycles. The van der Waals surface area contributed by atoms with Crippen molar-refractivity contribution in [3.63, 3.8) is 0 Å². The number of carbonyl (C=O) groups is 1. The number of hydrogen-bond donors (Lipinski definition) is 2. The maximum atomic E-state index is 12.7.